The molecule has 1 N–H and O–H groups in total. The van der Waals surface area contributed by atoms with Crippen molar-refractivity contribution in [2.24, 2.45) is 0 Å². The van der Waals surface area contributed by atoms with E-state index in [1.54, 1.807) is 23.1 Å². The number of likely N-dealkylation sites (tertiary alicyclic amines) is 1. The van der Waals surface area contributed by atoms with Crippen molar-refractivity contribution in [3.05, 3.63) is 66.9 Å². The van der Waals surface area contributed by atoms with Crippen LogP contribution in [0.1, 0.15) is 12.8 Å². The fraction of sp³-hybridized carbons (Fsp3) is 0.269. The molecule has 10 nitrogen and oxygen atoms in total. The first kappa shape index (κ1) is 23.4. The lowest BCUT2D eigenvalue weighted by Gasteiger charge is -2.40. The van der Waals surface area contributed by atoms with Gasteiger partial charge in [0.2, 0.25) is 11.8 Å². The highest BCUT2D eigenvalue weighted by molar-refractivity contribution is 6.30. The molecule has 1 spiro atoms. The SMILES string of the molecule is COc1ccnc(N2C(=O)N(c3ccc(-c4ccccc4)cc3)C(=O)C23CCN(CC(=O)O)CC3)n1. The lowest BCUT2D eigenvalue weighted by molar-refractivity contribution is -0.138. The molecular formula is C26H25N5O5. The number of aliphatic carboxylic acids is 1. The minimum Gasteiger partial charge on any atom is -0.481 e. The van der Waals surface area contributed by atoms with Crippen molar-refractivity contribution in [2.45, 2.75) is 18.4 Å². The van der Waals surface area contributed by atoms with Crippen LogP contribution in [-0.2, 0) is 9.59 Å². The zero-order valence-electron chi connectivity index (χ0n) is 19.7. The van der Waals surface area contributed by atoms with E-state index in [1.807, 2.05) is 42.5 Å². The number of carboxylic acids is 1. The molecule has 2 saturated heterocycles. The van der Waals surface area contributed by atoms with Gasteiger partial charge in [0.15, 0.2) is 0 Å². The second-order valence-electron chi connectivity index (χ2n) is 8.77. The minimum atomic E-state index is -1.23. The van der Waals surface area contributed by atoms with Crippen LogP contribution in [0.5, 0.6) is 5.88 Å². The summed E-state index contributed by atoms with van der Waals surface area (Å²) in [5.41, 5.74) is 1.21. The standard InChI is InChI=1S/C26H25N5O5/c1-36-21-11-14-27-24(28-21)31-25(35)30(20-9-7-19(8-10-20)18-5-3-2-4-6-18)23(34)26(31)12-15-29(16-13-26)17-22(32)33/h2-11,14H,12-13,15-17H2,1H3,(H,32,33). The van der Waals surface area contributed by atoms with Crippen molar-refractivity contribution < 1.29 is 24.2 Å². The predicted molar refractivity (Wildman–Crippen MR) is 132 cm³/mol. The fourth-order valence-electron chi connectivity index (χ4n) is 4.88. The monoisotopic (exact) mass is 487 g/mol. The van der Waals surface area contributed by atoms with E-state index in [0.717, 1.165) is 11.1 Å². The Labute approximate surface area is 207 Å². The number of benzene rings is 2. The number of amides is 3. The third kappa shape index (κ3) is 4.05. The van der Waals surface area contributed by atoms with Gasteiger partial charge in [0.05, 0.1) is 19.3 Å². The number of hydrogen-bond acceptors (Lipinski definition) is 7. The molecule has 0 atom stereocenters. The summed E-state index contributed by atoms with van der Waals surface area (Å²) in [5, 5.41) is 9.18. The van der Waals surface area contributed by atoms with E-state index in [2.05, 4.69) is 9.97 Å². The Morgan fingerprint density at radius 1 is 1.00 bits per heavy atom. The zero-order valence-corrected chi connectivity index (χ0v) is 19.7. The number of urea groups is 1. The predicted octanol–water partition coefficient (Wildman–Crippen LogP) is 3.04. The number of nitrogens with zero attached hydrogens (tertiary/aromatic N) is 5. The molecule has 2 aliphatic rings. The van der Waals surface area contributed by atoms with E-state index in [-0.39, 0.29) is 37.1 Å². The lowest BCUT2D eigenvalue weighted by Crippen LogP contribution is -2.57. The summed E-state index contributed by atoms with van der Waals surface area (Å²) in [6.45, 7) is 0.553. The maximum atomic E-state index is 14.0. The fourth-order valence-corrected chi connectivity index (χ4v) is 4.88. The third-order valence-electron chi connectivity index (χ3n) is 6.71. The van der Waals surface area contributed by atoms with E-state index < -0.39 is 17.5 Å². The van der Waals surface area contributed by atoms with Crippen LogP contribution in [0.25, 0.3) is 11.1 Å². The van der Waals surface area contributed by atoms with Crippen LogP contribution in [0.3, 0.4) is 0 Å². The van der Waals surface area contributed by atoms with Gasteiger partial charge in [-0.2, -0.15) is 4.98 Å². The maximum Gasteiger partial charge on any atom is 0.339 e. The van der Waals surface area contributed by atoms with Crippen LogP contribution in [0, 0.1) is 0 Å². The molecule has 2 aliphatic heterocycles. The molecule has 0 aliphatic carbocycles. The quantitative estimate of drug-likeness (QED) is 0.528. The van der Waals surface area contributed by atoms with E-state index in [9.17, 15) is 19.5 Å². The number of methoxy groups -OCH3 is 1. The molecule has 10 heteroatoms. The van der Waals surface area contributed by atoms with Gasteiger partial charge < -0.3 is 9.84 Å². The number of ether oxygens (including phenoxy) is 1. The van der Waals surface area contributed by atoms with Gasteiger partial charge in [-0.1, -0.05) is 42.5 Å². The number of aromatic nitrogens is 2. The Hall–Kier alpha value is -4.31. The highest BCUT2D eigenvalue weighted by Gasteiger charge is 2.60. The third-order valence-corrected chi connectivity index (χ3v) is 6.71. The van der Waals surface area contributed by atoms with Crippen LogP contribution >= 0.6 is 0 Å². The summed E-state index contributed by atoms with van der Waals surface area (Å²) in [5.74, 6) is -0.971. The summed E-state index contributed by atoms with van der Waals surface area (Å²) >= 11 is 0. The van der Waals surface area contributed by atoms with E-state index in [4.69, 9.17) is 4.74 Å². The average molecular weight is 488 g/mol. The minimum absolute atomic E-state index is 0.0720. The first-order chi connectivity index (χ1) is 17.4. The lowest BCUT2D eigenvalue weighted by atomic mass is 9.86. The molecule has 2 aromatic carbocycles. The Bertz CT molecular complexity index is 1290. The first-order valence-electron chi connectivity index (χ1n) is 11.6. The number of hydrogen-bond donors (Lipinski definition) is 1. The number of imide groups is 1. The highest BCUT2D eigenvalue weighted by Crippen LogP contribution is 2.41. The van der Waals surface area contributed by atoms with Crippen molar-refractivity contribution in [1.82, 2.24) is 14.9 Å². The molecule has 2 fully saturated rings. The number of anilines is 2. The number of carboxylic acid groups (broad SMARTS) is 1. The van der Waals surface area contributed by atoms with E-state index >= 15 is 0 Å². The molecule has 0 unspecified atom stereocenters. The van der Waals surface area contributed by atoms with Crippen molar-refractivity contribution in [3.63, 3.8) is 0 Å². The van der Waals surface area contributed by atoms with Gasteiger partial charge in [0.1, 0.15) is 5.54 Å². The van der Waals surface area contributed by atoms with Crippen molar-refractivity contribution in [3.8, 4) is 17.0 Å². The molecule has 36 heavy (non-hydrogen) atoms. The second kappa shape index (κ2) is 9.38. The summed E-state index contributed by atoms with van der Waals surface area (Å²) in [6, 6.07) is 18.1. The van der Waals surface area contributed by atoms with E-state index in [1.165, 1.54) is 23.1 Å². The van der Waals surface area contributed by atoms with Gasteiger partial charge in [-0.15, -0.1) is 0 Å². The topological polar surface area (TPSA) is 116 Å². The Morgan fingerprint density at radius 2 is 1.67 bits per heavy atom. The van der Waals surface area contributed by atoms with Gasteiger partial charge in [-0.05, 0) is 36.1 Å². The average Bonchev–Trinajstić information content (AvgIpc) is 3.11. The first-order valence-corrected chi connectivity index (χ1v) is 11.6. The van der Waals surface area contributed by atoms with Gasteiger partial charge in [0, 0.05) is 25.4 Å². The van der Waals surface area contributed by atoms with Gasteiger partial charge in [0.25, 0.3) is 5.91 Å². The smallest absolute Gasteiger partial charge is 0.339 e. The van der Waals surface area contributed by atoms with Gasteiger partial charge in [-0.25, -0.2) is 19.6 Å². The van der Waals surface area contributed by atoms with Gasteiger partial charge in [-0.3, -0.25) is 14.5 Å². The normalized spacial score (nSPS) is 17.6. The highest BCUT2D eigenvalue weighted by atomic mass is 16.5. The summed E-state index contributed by atoms with van der Waals surface area (Å²) in [6.07, 6.45) is 1.98. The van der Waals surface area contributed by atoms with Crippen molar-refractivity contribution in [2.75, 3.05) is 36.5 Å². The maximum absolute atomic E-state index is 14.0. The van der Waals surface area contributed by atoms with Crippen LogP contribution in [0.2, 0.25) is 0 Å². The Morgan fingerprint density at radius 3 is 2.31 bits per heavy atom. The molecule has 5 rings (SSSR count). The summed E-state index contributed by atoms with van der Waals surface area (Å²) in [4.78, 5) is 51.9. The van der Waals surface area contributed by atoms with Crippen LogP contribution < -0.4 is 14.5 Å². The van der Waals surface area contributed by atoms with Crippen molar-refractivity contribution >= 4 is 29.5 Å². The largest absolute Gasteiger partial charge is 0.481 e. The zero-order chi connectivity index (χ0) is 25.3. The molecule has 0 bridgehead atoms. The van der Waals surface area contributed by atoms with Gasteiger partial charge >= 0.3 is 12.0 Å². The molecule has 184 valence electrons. The molecule has 3 heterocycles. The molecule has 3 aromatic rings. The summed E-state index contributed by atoms with van der Waals surface area (Å²) in [7, 11) is 1.46. The van der Waals surface area contributed by atoms with Crippen LogP contribution in [0.15, 0.2) is 66.9 Å². The number of carbonyl (C=O) groups excluding carboxylic acids is 2. The van der Waals surface area contributed by atoms with E-state index in [0.29, 0.717) is 18.8 Å². The molecule has 1 aromatic heterocycles. The molecule has 0 radical (unpaired) electrons. The number of carbonyl (C=O) groups is 3. The molecular weight excluding hydrogens is 462 g/mol. The molecule has 3 amide bonds. The number of rotatable bonds is 6. The Balaban J connectivity index is 1.52. The number of piperidine rings is 1. The molecule has 0 saturated carbocycles. The second-order valence-corrected chi connectivity index (χ2v) is 8.77. The van der Waals surface area contributed by atoms with Crippen LogP contribution in [-0.4, -0.2) is 70.2 Å². The van der Waals surface area contributed by atoms with Crippen molar-refractivity contribution in [1.29, 1.82) is 0 Å². The van der Waals surface area contributed by atoms with Crippen LogP contribution in [0.4, 0.5) is 16.4 Å². The Kier molecular flexibility index (Phi) is 6.11. The summed E-state index contributed by atoms with van der Waals surface area (Å²) < 4.78 is 5.22.